The number of carbonyl (C=O) groups excluding carboxylic acids is 1. The molecule has 9 heteroatoms. The number of nitrogens with two attached hydrogens (primary N) is 1. The lowest BCUT2D eigenvalue weighted by Gasteiger charge is -2.10. The molecule has 0 saturated carbocycles. The van der Waals surface area contributed by atoms with Gasteiger partial charge in [-0.1, -0.05) is 42.3 Å². The zero-order valence-electron chi connectivity index (χ0n) is 21.2. The Hall–Kier alpha value is -3.33. The topological polar surface area (TPSA) is 133 Å². The Morgan fingerprint density at radius 1 is 1.30 bits per heavy atom. The molecule has 0 amide bonds. The highest BCUT2D eigenvalue weighted by Crippen LogP contribution is 2.32. The molecule has 0 saturated heterocycles. The Balaban J connectivity index is 2.02. The van der Waals surface area contributed by atoms with Gasteiger partial charge in [0.2, 0.25) is 17.4 Å². The Morgan fingerprint density at radius 3 is 2.52 bits per heavy atom. The van der Waals surface area contributed by atoms with E-state index in [0.29, 0.717) is 0 Å². The number of Topliss-reactive ketones (excluding diaryl/α,β-unsaturated/α-hetero) is 1. The molecule has 0 radical (unpaired) electrons. The van der Waals surface area contributed by atoms with Gasteiger partial charge in [0, 0.05) is 5.56 Å². The SMILES string of the molecule is [2H]c1c([2H])c([2H])c(C([2H])([2H])S(=O)(=O)OC2=C(N)O[C@@]([2H])(c3ccc(C(=O)O)cc3)C2=O)c([2H])c1[2H]. The molecular weight excluding hydrogens is 374 g/mol. The Morgan fingerprint density at radius 2 is 1.93 bits per heavy atom. The number of hydrogen-bond donors (Lipinski definition) is 2. The van der Waals surface area contributed by atoms with Crippen molar-refractivity contribution in [3.05, 3.63) is 82.8 Å². The third-order valence-corrected chi connectivity index (χ3v) is 4.00. The lowest BCUT2D eigenvalue weighted by atomic mass is 10.0. The van der Waals surface area contributed by atoms with Gasteiger partial charge in [0.15, 0.2) is 6.08 Å². The van der Waals surface area contributed by atoms with Crippen molar-refractivity contribution in [2.75, 3.05) is 0 Å². The third kappa shape index (κ3) is 4.09. The molecule has 1 aliphatic rings. The van der Waals surface area contributed by atoms with Gasteiger partial charge in [-0.2, -0.15) is 8.42 Å². The van der Waals surface area contributed by atoms with Crippen LogP contribution in [0.4, 0.5) is 0 Å². The summed E-state index contributed by atoms with van der Waals surface area (Å²) in [5.74, 6) is -5.05. The van der Waals surface area contributed by atoms with Crippen molar-refractivity contribution in [1.82, 2.24) is 0 Å². The van der Waals surface area contributed by atoms with Crippen LogP contribution in [0.25, 0.3) is 0 Å². The van der Waals surface area contributed by atoms with Crippen LogP contribution in [-0.2, 0) is 29.5 Å². The largest absolute Gasteiger partial charge is 0.478 e. The average molecular weight is 397 g/mol. The lowest BCUT2D eigenvalue weighted by Crippen LogP contribution is -2.16. The molecule has 1 aliphatic heterocycles. The number of ether oxygens (including phenoxy) is 1. The second-order valence-corrected chi connectivity index (χ2v) is 6.25. The summed E-state index contributed by atoms with van der Waals surface area (Å²) in [6.07, 6.45) is -2.70. The van der Waals surface area contributed by atoms with Crippen LogP contribution in [-0.4, -0.2) is 25.3 Å². The molecule has 0 spiro atoms. The summed E-state index contributed by atoms with van der Waals surface area (Å²) in [6, 6.07) is -1.02. The van der Waals surface area contributed by atoms with Crippen molar-refractivity contribution < 1.29 is 43.0 Å². The van der Waals surface area contributed by atoms with Gasteiger partial charge in [-0.15, -0.1) is 0 Å². The molecule has 1 atom stereocenters. The molecule has 0 unspecified atom stereocenters. The van der Waals surface area contributed by atoms with Gasteiger partial charge in [0.25, 0.3) is 0 Å². The first-order chi connectivity index (χ1) is 16.0. The Bertz CT molecular complexity index is 1380. The molecule has 2 aromatic rings. The Kier molecular flexibility index (Phi) is 2.83. The van der Waals surface area contributed by atoms with Gasteiger partial charge in [-0.3, -0.25) is 4.79 Å². The number of ketones is 1. The minimum absolute atomic E-state index is 0.186. The van der Waals surface area contributed by atoms with Crippen molar-refractivity contribution in [1.29, 1.82) is 0 Å². The summed E-state index contributed by atoms with van der Waals surface area (Å²) in [5, 5.41) is 8.97. The second-order valence-electron chi connectivity index (χ2n) is 4.98. The fraction of sp³-hybridized carbons (Fsp3) is 0.111. The number of carbonyl (C=O) groups is 2. The zero-order chi connectivity index (χ0) is 26.7. The first-order valence-electron chi connectivity index (χ1n) is 11.1. The Labute approximate surface area is 166 Å². The van der Waals surface area contributed by atoms with E-state index in [1.165, 1.54) is 0 Å². The highest BCUT2D eigenvalue weighted by atomic mass is 32.2. The van der Waals surface area contributed by atoms with E-state index in [1.54, 1.807) is 0 Å². The molecule has 0 aliphatic carbocycles. The van der Waals surface area contributed by atoms with Crippen molar-refractivity contribution >= 4 is 21.9 Å². The van der Waals surface area contributed by atoms with Crippen molar-refractivity contribution in [2.45, 2.75) is 11.8 Å². The summed E-state index contributed by atoms with van der Waals surface area (Å²) in [7, 11) is -5.64. The minimum Gasteiger partial charge on any atom is -0.478 e. The number of hydrogen-bond acceptors (Lipinski definition) is 7. The van der Waals surface area contributed by atoms with Crippen LogP contribution in [0.3, 0.4) is 0 Å². The molecule has 0 aromatic heterocycles. The molecule has 0 bridgehead atoms. The van der Waals surface area contributed by atoms with Gasteiger partial charge in [0.05, 0.1) is 16.5 Å². The minimum atomic E-state index is -5.64. The van der Waals surface area contributed by atoms with E-state index in [2.05, 4.69) is 4.18 Å². The molecule has 1 heterocycles. The maximum atomic E-state index is 12.8. The quantitative estimate of drug-likeness (QED) is 0.704. The molecule has 140 valence electrons. The van der Waals surface area contributed by atoms with Gasteiger partial charge in [-0.05, 0) is 17.7 Å². The van der Waals surface area contributed by atoms with E-state index >= 15 is 0 Å². The van der Waals surface area contributed by atoms with Gasteiger partial charge in [0.1, 0.15) is 5.70 Å². The summed E-state index contributed by atoms with van der Waals surface area (Å²) >= 11 is 0. The van der Waals surface area contributed by atoms with E-state index in [0.717, 1.165) is 24.3 Å². The molecular formula is C18H15NO7S. The predicted octanol–water partition coefficient (Wildman–Crippen LogP) is 1.70. The first-order valence-corrected chi connectivity index (χ1v) is 8.47. The molecule has 3 N–H and O–H groups in total. The number of rotatable bonds is 6. The second kappa shape index (κ2) is 7.12. The molecule has 3 rings (SSSR count). The summed E-state index contributed by atoms with van der Waals surface area (Å²) < 4.78 is 98.0. The number of aromatic carboxylic acids is 1. The van der Waals surface area contributed by atoms with Gasteiger partial charge < -0.3 is 19.8 Å². The molecule has 27 heavy (non-hydrogen) atoms. The van der Waals surface area contributed by atoms with Crippen LogP contribution in [0.2, 0.25) is 0 Å². The van der Waals surface area contributed by atoms with Crippen LogP contribution < -0.4 is 5.73 Å². The molecule has 2 aromatic carbocycles. The molecule has 8 nitrogen and oxygen atoms in total. The smallest absolute Gasteiger partial charge is 0.335 e. The fourth-order valence-electron chi connectivity index (χ4n) is 2.01. The van der Waals surface area contributed by atoms with Crippen LogP contribution in [0.1, 0.15) is 38.5 Å². The van der Waals surface area contributed by atoms with E-state index in [9.17, 15) is 18.0 Å². The predicted molar refractivity (Wildman–Crippen MR) is 93.6 cm³/mol. The fourth-order valence-corrected chi connectivity index (χ4v) is 2.78. The van der Waals surface area contributed by atoms with E-state index < -0.39 is 81.1 Å². The first kappa shape index (κ1) is 10.7. The maximum absolute atomic E-state index is 12.8. The maximum Gasteiger partial charge on any atom is 0.335 e. The average Bonchev–Trinajstić information content (AvgIpc) is 2.99. The normalized spacial score (nSPS) is 24.4. The van der Waals surface area contributed by atoms with Crippen molar-refractivity contribution in [3.63, 3.8) is 0 Å². The van der Waals surface area contributed by atoms with Crippen LogP contribution >= 0.6 is 0 Å². The van der Waals surface area contributed by atoms with E-state index in [-0.39, 0.29) is 11.1 Å². The van der Waals surface area contributed by atoms with E-state index in [4.69, 9.17) is 26.5 Å². The monoisotopic (exact) mass is 397 g/mol. The van der Waals surface area contributed by atoms with Gasteiger partial charge >= 0.3 is 16.1 Å². The highest BCUT2D eigenvalue weighted by molar-refractivity contribution is 7.86. The lowest BCUT2D eigenvalue weighted by molar-refractivity contribution is -0.123. The number of carboxylic acid groups (broad SMARTS) is 1. The van der Waals surface area contributed by atoms with Crippen molar-refractivity contribution in [3.8, 4) is 0 Å². The van der Waals surface area contributed by atoms with Crippen molar-refractivity contribution in [2.24, 2.45) is 5.73 Å². The summed E-state index contributed by atoms with van der Waals surface area (Å²) in [4.78, 5) is 23.8. The number of benzene rings is 2. The highest BCUT2D eigenvalue weighted by Gasteiger charge is 2.39. The standard InChI is InChI=1S/C18H15NO7S/c19-17-16(26-27(23,24)10-11-4-2-1-3-5-11)14(20)15(25-17)12-6-8-13(9-7-12)18(21)22/h1-9,15H,10,19H2,(H,21,22)/t15-/m0/s1/i1D,2D,3D,4D,5D,10D2,15D. The third-order valence-electron chi connectivity index (χ3n) is 3.16. The molecule has 0 fully saturated rings. The number of carboxylic acids is 1. The summed E-state index contributed by atoms with van der Waals surface area (Å²) in [6.45, 7) is 0. The van der Waals surface area contributed by atoms with Crippen LogP contribution in [0.5, 0.6) is 0 Å². The van der Waals surface area contributed by atoms with Crippen LogP contribution in [0.15, 0.2) is 66.1 Å². The summed E-state index contributed by atoms with van der Waals surface area (Å²) in [5.41, 5.74) is 0.0522. The van der Waals surface area contributed by atoms with E-state index in [1.807, 2.05) is 0 Å². The van der Waals surface area contributed by atoms with Crippen LogP contribution in [0, 0.1) is 0 Å². The zero-order valence-corrected chi connectivity index (χ0v) is 14.0. The van der Waals surface area contributed by atoms with Gasteiger partial charge in [-0.25, -0.2) is 4.79 Å².